The molecule has 56 valence electrons. The van der Waals surface area contributed by atoms with E-state index < -0.39 is 11.9 Å². The Bertz CT molecular complexity index is 163. The van der Waals surface area contributed by atoms with Crippen molar-refractivity contribution in [3.05, 3.63) is 0 Å². The monoisotopic (exact) mass is 144 g/mol. The molecule has 0 aromatic rings. The van der Waals surface area contributed by atoms with Crippen LogP contribution in [0.5, 0.6) is 0 Å². The number of ketones is 1. The first kappa shape index (κ1) is 7.21. The largest absolute Gasteiger partial charge is 0.481 e. The van der Waals surface area contributed by atoms with Crippen molar-refractivity contribution in [3.8, 4) is 0 Å². The van der Waals surface area contributed by atoms with Gasteiger partial charge in [-0.2, -0.15) is 0 Å². The predicted octanol–water partition coefficient (Wildman–Crippen LogP) is -0.323. The summed E-state index contributed by atoms with van der Waals surface area (Å²) < 4.78 is 4.81. The lowest BCUT2D eigenvalue weighted by Gasteiger charge is -2.16. The van der Waals surface area contributed by atoms with Crippen LogP contribution in [0.15, 0.2) is 0 Å². The third kappa shape index (κ3) is 1.33. The molecule has 1 heterocycles. The molecule has 1 fully saturated rings. The Morgan fingerprint density at radius 1 is 1.70 bits per heavy atom. The third-order valence-corrected chi connectivity index (χ3v) is 1.46. The molecule has 1 rings (SSSR count). The van der Waals surface area contributed by atoms with Crippen molar-refractivity contribution in [1.29, 1.82) is 0 Å². The first-order valence-electron chi connectivity index (χ1n) is 3.05. The molecule has 1 aliphatic rings. The fraction of sp³-hybridized carbons (Fsp3) is 0.667. The number of aliphatic carboxylic acids is 1. The molecule has 0 radical (unpaired) electrons. The first-order valence-corrected chi connectivity index (χ1v) is 3.05. The molecule has 0 spiro atoms. The van der Waals surface area contributed by atoms with Crippen LogP contribution in [0.3, 0.4) is 0 Å². The Labute approximate surface area is 57.8 Å². The van der Waals surface area contributed by atoms with Crippen molar-refractivity contribution in [2.45, 2.75) is 6.42 Å². The van der Waals surface area contributed by atoms with Gasteiger partial charge in [0.2, 0.25) is 0 Å². The van der Waals surface area contributed by atoms with Crippen LogP contribution in [0, 0.1) is 5.92 Å². The normalized spacial score (nSPS) is 26.4. The molecular formula is C6H8O4. The summed E-state index contributed by atoms with van der Waals surface area (Å²) in [7, 11) is 0. The van der Waals surface area contributed by atoms with Crippen LogP contribution in [0.1, 0.15) is 6.42 Å². The summed E-state index contributed by atoms with van der Waals surface area (Å²) in [6.45, 7) is 0.400. The molecule has 1 atom stereocenters. The highest BCUT2D eigenvalue weighted by molar-refractivity contribution is 5.98. The van der Waals surface area contributed by atoms with Gasteiger partial charge in [0, 0.05) is 6.42 Å². The lowest BCUT2D eigenvalue weighted by Crippen LogP contribution is -2.33. The summed E-state index contributed by atoms with van der Waals surface area (Å²) in [4.78, 5) is 21.0. The number of hydrogen-bond donors (Lipinski definition) is 1. The quantitative estimate of drug-likeness (QED) is 0.512. The second-order valence-corrected chi connectivity index (χ2v) is 2.18. The van der Waals surface area contributed by atoms with Crippen LogP contribution < -0.4 is 0 Å². The zero-order valence-electron chi connectivity index (χ0n) is 5.37. The van der Waals surface area contributed by atoms with Gasteiger partial charge in [0.05, 0.1) is 13.2 Å². The number of hydrogen-bond acceptors (Lipinski definition) is 3. The van der Waals surface area contributed by atoms with Crippen molar-refractivity contribution in [3.63, 3.8) is 0 Å². The van der Waals surface area contributed by atoms with Crippen LogP contribution in [-0.2, 0) is 14.3 Å². The van der Waals surface area contributed by atoms with E-state index in [1.165, 1.54) is 0 Å². The minimum atomic E-state index is -1.08. The molecule has 10 heavy (non-hydrogen) atoms. The highest BCUT2D eigenvalue weighted by Crippen LogP contribution is 2.08. The van der Waals surface area contributed by atoms with Crippen LogP contribution in [0.2, 0.25) is 0 Å². The SMILES string of the molecule is O=C(O)[C@H]1COCCC1=O. The van der Waals surface area contributed by atoms with E-state index in [0.717, 1.165) is 0 Å². The number of Topliss-reactive ketones (excluding diaryl/α,β-unsaturated/α-hetero) is 1. The smallest absolute Gasteiger partial charge is 0.316 e. The van der Waals surface area contributed by atoms with Gasteiger partial charge in [-0.1, -0.05) is 0 Å². The minimum Gasteiger partial charge on any atom is -0.481 e. The molecule has 0 amide bonds. The van der Waals surface area contributed by atoms with Gasteiger partial charge < -0.3 is 9.84 Å². The lowest BCUT2D eigenvalue weighted by molar-refractivity contribution is -0.152. The number of carboxylic acid groups (broad SMARTS) is 1. The summed E-state index contributed by atoms with van der Waals surface area (Å²) in [5, 5.41) is 8.41. The maximum absolute atomic E-state index is 10.8. The molecule has 0 aliphatic carbocycles. The van der Waals surface area contributed by atoms with Gasteiger partial charge in [-0.15, -0.1) is 0 Å². The second-order valence-electron chi connectivity index (χ2n) is 2.18. The number of carbonyl (C=O) groups excluding carboxylic acids is 1. The maximum Gasteiger partial charge on any atom is 0.316 e. The highest BCUT2D eigenvalue weighted by atomic mass is 16.5. The molecular weight excluding hydrogens is 136 g/mol. The van der Waals surface area contributed by atoms with Crippen LogP contribution >= 0.6 is 0 Å². The van der Waals surface area contributed by atoms with E-state index in [1.807, 2.05) is 0 Å². The average molecular weight is 144 g/mol. The Morgan fingerprint density at radius 3 is 2.80 bits per heavy atom. The molecule has 4 nitrogen and oxygen atoms in total. The summed E-state index contributed by atoms with van der Waals surface area (Å²) in [6.07, 6.45) is 0.233. The van der Waals surface area contributed by atoms with Crippen LogP contribution in [0.25, 0.3) is 0 Å². The Balaban J connectivity index is 2.56. The maximum atomic E-state index is 10.8. The average Bonchev–Trinajstić information content (AvgIpc) is 1.88. The zero-order chi connectivity index (χ0) is 7.56. The number of carboxylic acids is 1. The molecule has 1 aliphatic heterocycles. The Kier molecular flexibility index (Phi) is 2.01. The van der Waals surface area contributed by atoms with Gasteiger partial charge in [0.1, 0.15) is 5.92 Å². The summed E-state index contributed by atoms with van der Waals surface area (Å²) in [5.41, 5.74) is 0. The van der Waals surface area contributed by atoms with Crippen molar-refractivity contribution < 1.29 is 19.4 Å². The molecule has 4 heteroatoms. The van der Waals surface area contributed by atoms with Gasteiger partial charge in [0.15, 0.2) is 5.78 Å². The third-order valence-electron chi connectivity index (χ3n) is 1.46. The lowest BCUT2D eigenvalue weighted by atomic mass is 10.0. The van der Waals surface area contributed by atoms with Gasteiger partial charge in [-0.25, -0.2) is 0 Å². The standard InChI is InChI=1S/C6H8O4/c7-5-1-2-10-3-4(5)6(8)9/h4H,1-3H2,(H,8,9)/t4-/m0/s1. The van der Waals surface area contributed by atoms with Crippen LogP contribution in [0.4, 0.5) is 0 Å². The molecule has 0 saturated carbocycles. The van der Waals surface area contributed by atoms with E-state index in [-0.39, 0.29) is 18.8 Å². The number of carbonyl (C=O) groups is 2. The van der Waals surface area contributed by atoms with E-state index in [9.17, 15) is 9.59 Å². The van der Waals surface area contributed by atoms with Crippen LogP contribution in [-0.4, -0.2) is 30.1 Å². The summed E-state index contributed by atoms with van der Waals surface area (Å²) >= 11 is 0. The van der Waals surface area contributed by atoms with Crippen molar-refractivity contribution in [1.82, 2.24) is 0 Å². The zero-order valence-corrected chi connectivity index (χ0v) is 5.37. The molecule has 0 unspecified atom stereocenters. The highest BCUT2D eigenvalue weighted by Gasteiger charge is 2.28. The molecule has 0 aromatic carbocycles. The second kappa shape index (κ2) is 2.79. The molecule has 0 aromatic heterocycles. The summed E-state index contributed by atoms with van der Waals surface area (Å²) in [6, 6.07) is 0. The molecule has 0 bridgehead atoms. The van der Waals surface area contributed by atoms with E-state index in [2.05, 4.69) is 0 Å². The van der Waals surface area contributed by atoms with Gasteiger partial charge in [-0.3, -0.25) is 9.59 Å². The van der Waals surface area contributed by atoms with E-state index in [0.29, 0.717) is 6.61 Å². The molecule has 1 saturated heterocycles. The molecule has 1 N–H and O–H groups in total. The van der Waals surface area contributed by atoms with Crippen molar-refractivity contribution in [2.24, 2.45) is 5.92 Å². The predicted molar refractivity (Wildman–Crippen MR) is 31.6 cm³/mol. The van der Waals surface area contributed by atoms with Crippen molar-refractivity contribution in [2.75, 3.05) is 13.2 Å². The van der Waals surface area contributed by atoms with E-state index in [1.54, 1.807) is 0 Å². The number of ether oxygens (including phenoxy) is 1. The number of rotatable bonds is 1. The Morgan fingerprint density at radius 2 is 2.40 bits per heavy atom. The fourth-order valence-corrected chi connectivity index (χ4v) is 0.850. The van der Waals surface area contributed by atoms with Gasteiger partial charge in [0.25, 0.3) is 0 Å². The first-order chi connectivity index (χ1) is 4.72. The Hall–Kier alpha value is -0.900. The van der Waals surface area contributed by atoms with Crippen molar-refractivity contribution >= 4 is 11.8 Å². The topological polar surface area (TPSA) is 63.6 Å². The summed E-state index contributed by atoms with van der Waals surface area (Å²) in [5.74, 6) is -2.22. The van der Waals surface area contributed by atoms with E-state index in [4.69, 9.17) is 9.84 Å². The minimum absolute atomic E-state index is 0.0359. The van der Waals surface area contributed by atoms with Gasteiger partial charge in [-0.05, 0) is 0 Å². The van der Waals surface area contributed by atoms with Gasteiger partial charge >= 0.3 is 5.97 Å². The fourth-order valence-electron chi connectivity index (χ4n) is 0.850. The van der Waals surface area contributed by atoms with E-state index >= 15 is 0 Å².